The maximum atomic E-state index is 13.8. The van der Waals surface area contributed by atoms with E-state index in [0.717, 1.165) is 28.3 Å². The summed E-state index contributed by atoms with van der Waals surface area (Å²) in [5.74, 6) is 0.560. The fourth-order valence-corrected chi connectivity index (χ4v) is 5.17. The Labute approximate surface area is 310 Å². The number of urea groups is 2. The summed E-state index contributed by atoms with van der Waals surface area (Å²) < 4.78 is 62.8. The molecule has 284 valence electrons. The first-order chi connectivity index (χ1) is 26.1. The number of rotatable bonds is 8. The van der Waals surface area contributed by atoms with E-state index in [9.17, 15) is 27.2 Å². The quantitative estimate of drug-likeness (QED) is 0.0812. The number of benzene rings is 2. The highest BCUT2D eigenvalue weighted by atomic mass is 19.4. The molecule has 18 heteroatoms. The van der Waals surface area contributed by atoms with Crippen molar-refractivity contribution in [1.29, 1.82) is 0 Å². The second kappa shape index (κ2) is 15.2. The minimum atomic E-state index is -4.41. The van der Waals surface area contributed by atoms with Crippen LogP contribution < -0.4 is 32.7 Å². The van der Waals surface area contributed by atoms with Gasteiger partial charge in [-0.25, -0.2) is 23.9 Å². The van der Waals surface area contributed by atoms with Gasteiger partial charge in [0.15, 0.2) is 17.2 Å². The minimum absolute atomic E-state index is 0.0484. The molecule has 4 aromatic heterocycles. The van der Waals surface area contributed by atoms with Crippen molar-refractivity contribution in [2.75, 3.05) is 32.7 Å². The van der Waals surface area contributed by atoms with E-state index in [-0.39, 0.29) is 36.0 Å². The summed E-state index contributed by atoms with van der Waals surface area (Å²) in [4.78, 5) is 32.2. The lowest BCUT2D eigenvalue weighted by Gasteiger charge is -2.14. The van der Waals surface area contributed by atoms with E-state index in [2.05, 4.69) is 41.5 Å². The van der Waals surface area contributed by atoms with Crippen LogP contribution in [0.3, 0.4) is 0 Å². The van der Waals surface area contributed by atoms with Gasteiger partial charge in [0, 0.05) is 47.0 Å². The molecule has 4 amide bonds. The highest BCUT2D eigenvalue weighted by molar-refractivity contribution is 5.99. The predicted molar refractivity (Wildman–Crippen MR) is 198 cm³/mol. The molecule has 0 spiro atoms. The first-order valence-corrected chi connectivity index (χ1v) is 16.6. The van der Waals surface area contributed by atoms with Gasteiger partial charge in [-0.15, -0.1) is 0 Å². The van der Waals surface area contributed by atoms with Crippen LogP contribution in [0.25, 0.3) is 22.3 Å². The molecule has 55 heavy (non-hydrogen) atoms. The maximum absolute atomic E-state index is 13.8. The highest BCUT2D eigenvalue weighted by Gasteiger charge is 2.67. The standard InChI is InChI=1S/C19H16F3N5O2.C18H18FN5O2/c20-19(21,22)18(7-8-18)14-9-16(27-29-14)26-17(28)25-13-4-1-11(2-5-13)12-3-6-15(23)24-10-12;1-18(2,19)14-9-16(26-24-14)23-17(25)22-13-6-3-11(4-7-13)12-5-8-15(20)21-10-12/h1-6,9-10H,7-8H2,(H2,23,24)(H2,25,26,27,28);3-10H,1-2H3,(H2,20,21)(H2,22,23,25). The van der Waals surface area contributed by atoms with Gasteiger partial charge in [-0.1, -0.05) is 34.6 Å². The van der Waals surface area contributed by atoms with Crippen molar-refractivity contribution in [3.8, 4) is 22.3 Å². The second-order valence-electron chi connectivity index (χ2n) is 13.0. The Kier molecular flexibility index (Phi) is 10.4. The molecule has 0 unspecified atom stereocenters. The number of pyridine rings is 2. The average Bonchev–Trinajstić information content (AvgIpc) is 3.61. The summed E-state index contributed by atoms with van der Waals surface area (Å²) in [6.07, 6.45) is -1.19. The number of nitrogens with one attached hydrogen (secondary N) is 4. The summed E-state index contributed by atoms with van der Waals surface area (Å²) in [6, 6.07) is 22.5. The number of nitrogen functional groups attached to an aromatic ring is 2. The molecule has 0 saturated heterocycles. The Balaban J connectivity index is 0.000000188. The van der Waals surface area contributed by atoms with Crippen molar-refractivity contribution >= 4 is 46.8 Å². The second-order valence-corrected chi connectivity index (χ2v) is 13.0. The minimum Gasteiger partial charge on any atom is -0.384 e. The third-order valence-electron chi connectivity index (χ3n) is 8.40. The molecular formula is C37H34F4N10O4. The van der Waals surface area contributed by atoms with Crippen LogP contribution >= 0.6 is 0 Å². The number of hydrogen-bond donors (Lipinski definition) is 6. The molecule has 4 heterocycles. The van der Waals surface area contributed by atoms with E-state index in [1.165, 1.54) is 19.9 Å². The number of hydrogen-bond acceptors (Lipinski definition) is 10. The van der Waals surface area contributed by atoms with Gasteiger partial charge in [0.05, 0.1) is 0 Å². The Hall–Kier alpha value is -6.98. The molecule has 0 bridgehead atoms. The van der Waals surface area contributed by atoms with E-state index in [4.69, 9.17) is 20.5 Å². The largest absolute Gasteiger partial charge is 0.401 e. The van der Waals surface area contributed by atoms with Crippen LogP contribution in [0.2, 0.25) is 0 Å². The van der Waals surface area contributed by atoms with E-state index in [1.54, 1.807) is 60.9 Å². The van der Waals surface area contributed by atoms with E-state index in [0.29, 0.717) is 23.0 Å². The lowest BCUT2D eigenvalue weighted by molar-refractivity contribution is -0.165. The van der Waals surface area contributed by atoms with E-state index in [1.807, 2.05) is 24.3 Å². The zero-order chi connectivity index (χ0) is 39.4. The van der Waals surface area contributed by atoms with Crippen LogP contribution in [0.4, 0.5) is 61.9 Å². The number of carbonyl (C=O) groups is 2. The van der Waals surface area contributed by atoms with Gasteiger partial charge in [-0.3, -0.25) is 10.6 Å². The van der Waals surface area contributed by atoms with Crippen LogP contribution in [0.15, 0.2) is 106 Å². The average molecular weight is 759 g/mol. The Bertz CT molecular complexity index is 2250. The third kappa shape index (κ3) is 9.34. The Morgan fingerprint density at radius 1 is 0.655 bits per heavy atom. The smallest absolute Gasteiger partial charge is 0.384 e. The molecule has 1 saturated carbocycles. The molecule has 1 aliphatic rings. The number of amides is 4. The van der Waals surface area contributed by atoms with Crippen LogP contribution in [0, 0.1) is 0 Å². The van der Waals surface area contributed by atoms with Crippen LogP contribution in [0.5, 0.6) is 0 Å². The Morgan fingerprint density at radius 2 is 1.15 bits per heavy atom. The van der Waals surface area contributed by atoms with Crippen molar-refractivity contribution in [1.82, 2.24) is 20.3 Å². The highest BCUT2D eigenvalue weighted by Crippen LogP contribution is 2.59. The van der Waals surface area contributed by atoms with Crippen LogP contribution in [-0.4, -0.2) is 38.5 Å². The molecular weight excluding hydrogens is 724 g/mol. The first-order valence-electron chi connectivity index (χ1n) is 16.6. The fourth-order valence-electron chi connectivity index (χ4n) is 5.17. The molecule has 0 atom stereocenters. The SMILES string of the molecule is CC(C)(F)c1cc(NC(=O)Nc2ccc(-c3ccc(N)nc3)cc2)on1.Nc1ccc(-c2ccc(NC(=O)Nc3cc(C4(C(F)(F)F)CC4)on3)cc2)cn1. The topological polar surface area (TPSA) is 212 Å². The Morgan fingerprint density at radius 3 is 1.56 bits per heavy atom. The molecule has 8 N–H and O–H groups in total. The number of halogens is 4. The molecule has 6 aromatic rings. The number of anilines is 6. The summed E-state index contributed by atoms with van der Waals surface area (Å²) in [5, 5.41) is 17.2. The van der Waals surface area contributed by atoms with Gasteiger partial charge < -0.3 is 31.1 Å². The van der Waals surface area contributed by atoms with Gasteiger partial charge in [-0.05, 0) is 86.3 Å². The summed E-state index contributed by atoms with van der Waals surface area (Å²) in [5.41, 5.74) is 12.3. The van der Waals surface area contributed by atoms with Gasteiger partial charge in [0.25, 0.3) is 0 Å². The molecule has 0 aliphatic heterocycles. The van der Waals surface area contributed by atoms with Crippen LogP contribution in [-0.2, 0) is 11.1 Å². The number of alkyl halides is 4. The predicted octanol–water partition coefficient (Wildman–Crippen LogP) is 8.72. The third-order valence-corrected chi connectivity index (χ3v) is 8.40. The molecule has 2 aromatic carbocycles. The zero-order valence-corrected chi connectivity index (χ0v) is 29.2. The van der Waals surface area contributed by atoms with Crippen molar-refractivity contribution < 1.29 is 36.2 Å². The van der Waals surface area contributed by atoms with Crippen molar-refractivity contribution in [3.63, 3.8) is 0 Å². The number of nitrogens with two attached hydrogens (primary N) is 2. The molecule has 7 rings (SSSR count). The van der Waals surface area contributed by atoms with Gasteiger partial charge in [0.2, 0.25) is 5.88 Å². The van der Waals surface area contributed by atoms with Crippen molar-refractivity contribution in [3.05, 3.63) is 109 Å². The number of carbonyl (C=O) groups excluding carboxylic acids is 2. The molecule has 1 fully saturated rings. The summed E-state index contributed by atoms with van der Waals surface area (Å²) >= 11 is 0. The van der Waals surface area contributed by atoms with Crippen LogP contribution in [0.1, 0.15) is 38.1 Å². The molecule has 1 aliphatic carbocycles. The summed E-state index contributed by atoms with van der Waals surface area (Å²) in [6.45, 7) is 2.71. The number of aromatic nitrogens is 4. The maximum Gasteiger partial charge on any atom is 0.401 e. The normalized spacial score (nSPS) is 13.2. The fraction of sp³-hybridized carbons (Fsp3) is 0.189. The van der Waals surface area contributed by atoms with E-state index < -0.39 is 29.3 Å². The van der Waals surface area contributed by atoms with E-state index >= 15 is 0 Å². The van der Waals surface area contributed by atoms with Gasteiger partial charge >= 0.3 is 18.2 Å². The van der Waals surface area contributed by atoms with Crippen molar-refractivity contribution in [2.24, 2.45) is 0 Å². The number of nitrogens with zero attached hydrogens (tertiary/aromatic N) is 4. The van der Waals surface area contributed by atoms with Gasteiger partial charge in [0.1, 0.15) is 22.7 Å². The molecule has 0 radical (unpaired) electrons. The lowest BCUT2D eigenvalue weighted by Crippen LogP contribution is -2.28. The summed E-state index contributed by atoms with van der Waals surface area (Å²) in [7, 11) is 0. The molecule has 14 nitrogen and oxygen atoms in total. The van der Waals surface area contributed by atoms with Gasteiger partial charge in [-0.2, -0.15) is 13.2 Å². The lowest BCUT2D eigenvalue weighted by atomic mass is 10.0. The van der Waals surface area contributed by atoms with Crippen molar-refractivity contribution in [2.45, 2.75) is 43.9 Å². The monoisotopic (exact) mass is 758 g/mol. The first kappa shape index (κ1) is 37.8. The zero-order valence-electron chi connectivity index (χ0n) is 29.2.